The Morgan fingerprint density at radius 3 is 2.82 bits per heavy atom. The Labute approximate surface area is 98.0 Å². The summed E-state index contributed by atoms with van der Waals surface area (Å²) in [5, 5.41) is 9.79. The number of aromatic nitrogens is 2. The number of benzene rings is 1. The quantitative estimate of drug-likeness (QED) is 0.862. The molecule has 0 atom stereocenters. The first kappa shape index (κ1) is 10.2. The van der Waals surface area contributed by atoms with E-state index in [1.165, 1.54) is 24.5 Å². The van der Waals surface area contributed by atoms with Gasteiger partial charge in [-0.05, 0) is 31.0 Å². The molecule has 1 aromatic carbocycles. The smallest absolute Gasteiger partial charge is 0.124 e. The van der Waals surface area contributed by atoms with Crippen molar-refractivity contribution in [3.8, 4) is 16.9 Å². The van der Waals surface area contributed by atoms with Gasteiger partial charge in [0, 0.05) is 23.2 Å². The molecule has 1 aromatic heterocycles. The summed E-state index contributed by atoms with van der Waals surface area (Å²) in [4.78, 5) is 8.20. The van der Waals surface area contributed by atoms with Crippen LogP contribution in [-0.2, 0) is 0 Å². The van der Waals surface area contributed by atoms with Gasteiger partial charge >= 0.3 is 0 Å². The number of nitrogens with zero attached hydrogens (tertiary/aromatic N) is 2. The maximum Gasteiger partial charge on any atom is 0.124 e. The fraction of sp³-hybridized carbons (Fsp3) is 0.231. The van der Waals surface area contributed by atoms with Crippen molar-refractivity contribution in [2.75, 3.05) is 0 Å². The molecule has 1 N–H and O–H groups in total. The van der Waals surface area contributed by atoms with Gasteiger partial charge in [-0.1, -0.05) is 0 Å². The molecule has 3 nitrogen and oxygen atoms in total. The lowest BCUT2D eigenvalue weighted by Gasteiger charge is -2.08. The van der Waals surface area contributed by atoms with Crippen molar-refractivity contribution < 1.29 is 9.50 Å². The number of phenolic OH excluding ortho intramolecular Hbond substituents is 1. The van der Waals surface area contributed by atoms with Crippen molar-refractivity contribution in [2.24, 2.45) is 0 Å². The molecule has 1 aliphatic carbocycles. The molecule has 0 bridgehead atoms. The summed E-state index contributed by atoms with van der Waals surface area (Å²) in [5.74, 6) is 0.113. The lowest BCUT2D eigenvalue weighted by Crippen LogP contribution is -1.94. The SMILES string of the molecule is Oc1ccc(F)cc1-c1cncnc1C1CC1. The fourth-order valence-corrected chi connectivity index (χ4v) is 1.95. The van der Waals surface area contributed by atoms with E-state index in [2.05, 4.69) is 9.97 Å². The molecule has 2 aromatic rings. The van der Waals surface area contributed by atoms with Crippen LogP contribution in [0, 0.1) is 5.82 Å². The van der Waals surface area contributed by atoms with Crippen molar-refractivity contribution in [1.82, 2.24) is 9.97 Å². The molecule has 0 unspecified atom stereocenters. The third-order valence-electron chi connectivity index (χ3n) is 2.96. The number of hydrogen-bond acceptors (Lipinski definition) is 3. The lowest BCUT2D eigenvalue weighted by atomic mass is 10.0. The first-order valence-corrected chi connectivity index (χ1v) is 5.54. The topological polar surface area (TPSA) is 46.0 Å². The van der Waals surface area contributed by atoms with Gasteiger partial charge < -0.3 is 5.11 Å². The Morgan fingerprint density at radius 2 is 2.06 bits per heavy atom. The van der Waals surface area contributed by atoms with Gasteiger partial charge in [-0.3, -0.25) is 0 Å². The van der Waals surface area contributed by atoms with E-state index in [1.807, 2.05) is 0 Å². The van der Waals surface area contributed by atoms with Gasteiger partial charge in [0.05, 0.1) is 5.69 Å². The Bertz CT molecular complexity index is 567. The largest absolute Gasteiger partial charge is 0.507 e. The predicted octanol–water partition coefficient (Wildman–Crippen LogP) is 2.87. The Kier molecular flexibility index (Phi) is 2.28. The van der Waals surface area contributed by atoms with E-state index in [4.69, 9.17) is 0 Å². The highest BCUT2D eigenvalue weighted by Gasteiger charge is 2.28. The van der Waals surface area contributed by atoms with E-state index >= 15 is 0 Å². The number of hydrogen-bond donors (Lipinski definition) is 1. The second kappa shape index (κ2) is 3.80. The highest BCUT2D eigenvalue weighted by Crippen LogP contribution is 2.44. The monoisotopic (exact) mass is 230 g/mol. The fourth-order valence-electron chi connectivity index (χ4n) is 1.95. The van der Waals surface area contributed by atoms with Gasteiger partial charge in [-0.2, -0.15) is 0 Å². The van der Waals surface area contributed by atoms with E-state index in [-0.39, 0.29) is 11.6 Å². The van der Waals surface area contributed by atoms with Gasteiger partial charge in [0.1, 0.15) is 17.9 Å². The minimum Gasteiger partial charge on any atom is -0.507 e. The minimum atomic E-state index is -0.372. The summed E-state index contributed by atoms with van der Waals surface area (Å²) in [6.45, 7) is 0. The van der Waals surface area contributed by atoms with E-state index in [9.17, 15) is 9.50 Å². The zero-order valence-corrected chi connectivity index (χ0v) is 9.10. The molecular weight excluding hydrogens is 219 g/mol. The summed E-state index contributed by atoms with van der Waals surface area (Å²) in [7, 11) is 0. The molecule has 1 saturated carbocycles. The van der Waals surface area contributed by atoms with Crippen LogP contribution in [0.5, 0.6) is 5.75 Å². The van der Waals surface area contributed by atoms with Crippen molar-refractivity contribution in [3.63, 3.8) is 0 Å². The Morgan fingerprint density at radius 1 is 1.24 bits per heavy atom. The number of aromatic hydroxyl groups is 1. The second-order valence-corrected chi connectivity index (χ2v) is 4.26. The molecular formula is C13H11FN2O. The van der Waals surface area contributed by atoms with Crippen LogP contribution in [0.2, 0.25) is 0 Å². The third kappa shape index (κ3) is 1.86. The van der Waals surface area contributed by atoms with Crippen LogP contribution in [0.1, 0.15) is 24.5 Å². The van der Waals surface area contributed by atoms with E-state index in [0.717, 1.165) is 24.1 Å². The van der Waals surface area contributed by atoms with E-state index in [0.29, 0.717) is 11.5 Å². The molecule has 17 heavy (non-hydrogen) atoms. The average Bonchev–Trinajstić information content (AvgIpc) is 3.16. The lowest BCUT2D eigenvalue weighted by molar-refractivity contribution is 0.475. The molecule has 86 valence electrons. The van der Waals surface area contributed by atoms with Crippen LogP contribution in [0.4, 0.5) is 4.39 Å². The molecule has 1 aliphatic rings. The Hall–Kier alpha value is -1.97. The molecule has 0 radical (unpaired) electrons. The second-order valence-electron chi connectivity index (χ2n) is 4.26. The normalized spacial score (nSPS) is 14.9. The maximum absolute atomic E-state index is 13.2. The van der Waals surface area contributed by atoms with Crippen LogP contribution in [0.15, 0.2) is 30.7 Å². The zero-order chi connectivity index (χ0) is 11.8. The summed E-state index contributed by atoms with van der Waals surface area (Å²) >= 11 is 0. The molecule has 1 fully saturated rings. The van der Waals surface area contributed by atoms with Gasteiger partial charge in [0.15, 0.2) is 0 Å². The highest BCUT2D eigenvalue weighted by atomic mass is 19.1. The van der Waals surface area contributed by atoms with Crippen molar-refractivity contribution in [2.45, 2.75) is 18.8 Å². The first-order chi connectivity index (χ1) is 8.25. The predicted molar refractivity (Wildman–Crippen MR) is 61.1 cm³/mol. The number of phenols is 1. The van der Waals surface area contributed by atoms with Crippen LogP contribution in [0.3, 0.4) is 0 Å². The summed E-state index contributed by atoms with van der Waals surface area (Å²) < 4.78 is 13.2. The van der Waals surface area contributed by atoms with Crippen molar-refractivity contribution in [1.29, 1.82) is 0 Å². The summed E-state index contributed by atoms with van der Waals surface area (Å²) in [6.07, 6.45) is 5.32. The molecule has 3 rings (SSSR count). The maximum atomic E-state index is 13.2. The minimum absolute atomic E-state index is 0.0584. The van der Waals surface area contributed by atoms with Crippen LogP contribution < -0.4 is 0 Å². The molecule has 0 spiro atoms. The van der Waals surface area contributed by atoms with Gasteiger partial charge in [-0.15, -0.1) is 0 Å². The molecule has 0 saturated heterocycles. The van der Waals surface area contributed by atoms with Crippen LogP contribution >= 0.6 is 0 Å². The highest BCUT2D eigenvalue weighted by molar-refractivity contribution is 5.72. The van der Waals surface area contributed by atoms with E-state index < -0.39 is 0 Å². The van der Waals surface area contributed by atoms with Crippen LogP contribution in [0.25, 0.3) is 11.1 Å². The zero-order valence-electron chi connectivity index (χ0n) is 9.10. The number of rotatable bonds is 2. The van der Waals surface area contributed by atoms with Crippen molar-refractivity contribution >= 4 is 0 Å². The van der Waals surface area contributed by atoms with Gasteiger partial charge in [0.25, 0.3) is 0 Å². The summed E-state index contributed by atoms with van der Waals surface area (Å²) in [5.41, 5.74) is 2.10. The Balaban J connectivity index is 2.17. The first-order valence-electron chi connectivity index (χ1n) is 5.54. The molecule has 0 aliphatic heterocycles. The van der Waals surface area contributed by atoms with Gasteiger partial charge in [0.2, 0.25) is 0 Å². The molecule has 1 heterocycles. The average molecular weight is 230 g/mol. The standard InChI is InChI=1S/C13H11FN2O/c14-9-3-4-12(17)10(5-9)11-6-15-7-16-13(11)8-1-2-8/h3-8,17H,1-2H2. The third-order valence-corrected chi connectivity index (χ3v) is 2.96. The van der Waals surface area contributed by atoms with Crippen LogP contribution in [-0.4, -0.2) is 15.1 Å². The van der Waals surface area contributed by atoms with Gasteiger partial charge in [-0.25, -0.2) is 14.4 Å². The molecule has 4 heteroatoms. The molecule has 0 amide bonds. The van der Waals surface area contributed by atoms with E-state index in [1.54, 1.807) is 6.20 Å². The summed E-state index contributed by atoms with van der Waals surface area (Å²) in [6, 6.07) is 3.91. The van der Waals surface area contributed by atoms with Crippen molar-refractivity contribution in [3.05, 3.63) is 42.2 Å². The number of halogens is 1.